The van der Waals surface area contributed by atoms with E-state index in [2.05, 4.69) is 0 Å². The Morgan fingerprint density at radius 3 is 2.04 bits per heavy atom. The molecule has 1 heterocycles. The Bertz CT molecular complexity index is 749. The lowest BCUT2D eigenvalue weighted by Gasteiger charge is -2.11. The van der Waals surface area contributed by atoms with Crippen LogP contribution in [0.2, 0.25) is 0 Å². The minimum atomic E-state index is -0.600. The predicted molar refractivity (Wildman–Crippen MR) is 93.2 cm³/mol. The van der Waals surface area contributed by atoms with Gasteiger partial charge in [-0.05, 0) is 26.3 Å². The molecule has 0 unspecified atom stereocenters. The molecule has 2 rings (SSSR count). The Hall–Kier alpha value is -2.76. The molecule has 25 heavy (non-hydrogen) atoms. The standard InChI is InChI=1S/C19H23NO5/c1-5-24-18(21)15-13(3)20(12-14-10-8-7-9-11-14)17(23-4)16(15)19(22)25-6-2/h7-11H,5-6,12H2,1-4H3. The predicted octanol–water partition coefficient (Wildman–Crippen LogP) is 3.21. The molecule has 0 aliphatic carbocycles. The van der Waals surface area contributed by atoms with E-state index in [4.69, 9.17) is 14.2 Å². The van der Waals surface area contributed by atoms with Gasteiger partial charge in [0.15, 0.2) is 0 Å². The number of hydrogen-bond acceptors (Lipinski definition) is 5. The molecule has 0 spiro atoms. The Labute approximate surface area is 147 Å². The van der Waals surface area contributed by atoms with Crippen molar-refractivity contribution >= 4 is 11.9 Å². The van der Waals surface area contributed by atoms with E-state index >= 15 is 0 Å². The lowest BCUT2D eigenvalue weighted by molar-refractivity contribution is 0.0477. The van der Waals surface area contributed by atoms with E-state index in [1.54, 1.807) is 25.3 Å². The molecule has 0 saturated carbocycles. The van der Waals surface area contributed by atoms with Gasteiger partial charge in [-0.15, -0.1) is 0 Å². The van der Waals surface area contributed by atoms with Crippen molar-refractivity contribution in [3.05, 3.63) is 52.7 Å². The fourth-order valence-corrected chi connectivity index (χ4v) is 2.72. The highest BCUT2D eigenvalue weighted by Gasteiger charge is 2.32. The number of benzene rings is 1. The summed E-state index contributed by atoms with van der Waals surface area (Å²) in [5, 5.41) is 0. The third kappa shape index (κ3) is 3.84. The van der Waals surface area contributed by atoms with Gasteiger partial charge in [0, 0.05) is 5.69 Å². The zero-order chi connectivity index (χ0) is 18.4. The fraction of sp³-hybridized carbons (Fsp3) is 0.368. The molecule has 1 aromatic carbocycles. The Morgan fingerprint density at radius 1 is 0.960 bits per heavy atom. The third-order valence-corrected chi connectivity index (χ3v) is 3.81. The van der Waals surface area contributed by atoms with Crippen LogP contribution in [0.3, 0.4) is 0 Å². The van der Waals surface area contributed by atoms with Gasteiger partial charge in [-0.25, -0.2) is 9.59 Å². The molecule has 0 amide bonds. The van der Waals surface area contributed by atoms with Crippen LogP contribution in [0.25, 0.3) is 0 Å². The van der Waals surface area contributed by atoms with Crippen molar-refractivity contribution in [2.45, 2.75) is 27.3 Å². The summed E-state index contributed by atoms with van der Waals surface area (Å²) >= 11 is 0. The van der Waals surface area contributed by atoms with Crippen molar-refractivity contribution in [2.24, 2.45) is 0 Å². The average molecular weight is 345 g/mol. The van der Waals surface area contributed by atoms with E-state index in [1.165, 1.54) is 7.11 Å². The van der Waals surface area contributed by atoms with E-state index in [-0.39, 0.29) is 24.3 Å². The summed E-state index contributed by atoms with van der Waals surface area (Å²) in [5.41, 5.74) is 1.91. The number of rotatable bonds is 7. The van der Waals surface area contributed by atoms with Gasteiger partial charge in [0.1, 0.15) is 5.56 Å². The number of hydrogen-bond donors (Lipinski definition) is 0. The van der Waals surface area contributed by atoms with Gasteiger partial charge in [-0.2, -0.15) is 0 Å². The number of esters is 2. The van der Waals surface area contributed by atoms with Crippen LogP contribution < -0.4 is 4.74 Å². The summed E-state index contributed by atoms with van der Waals surface area (Å²) in [6.45, 7) is 6.07. The van der Waals surface area contributed by atoms with Gasteiger partial charge in [0.05, 0.1) is 32.4 Å². The van der Waals surface area contributed by atoms with Gasteiger partial charge in [-0.1, -0.05) is 30.3 Å². The summed E-state index contributed by atoms with van der Waals surface area (Å²) in [6, 6.07) is 9.72. The molecule has 134 valence electrons. The lowest BCUT2D eigenvalue weighted by Crippen LogP contribution is -2.13. The van der Waals surface area contributed by atoms with Gasteiger partial charge in [0.2, 0.25) is 5.88 Å². The number of carbonyl (C=O) groups is 2. The van der Waals surface area contributed by atoms with Crippen LogP contribution in [-0.4, -0.2) is 36.8 Å². The van der Waals surface area contributed by atoms with Crippen molar-refractivity contribution in [3.63, 3.8) is 0 Å². The molecular weight excluding hydrogens is 322 g/mol. The first-order valence-electron chi connectivity index (χ1n) is 8.20. The second-order valence-corrected chi connectivity index (χ2v) is 5.36. The third-order valence-electron chi connectivity index (χ3n) is 3.81. The second kappa shape index (κ2) is 8.37. The molecule has 0 bridgehead atoms. The highest BCUT2D eigenvalue weighted by Crippen LogP contribution is 2.31. The number of carbonyl (C=O) groups excluding carboxylic acids is 2. The van der Waals surface area contributed by atoms with E-state index in [9.17, 15) is 9.59 Å². The molecule has 6 heteroatoms. The first-order valence-corrected chi connectivity index (χ1v) is 8.20. The van der Waals surface area contributed by atoms with E-state index in [0.29, 0.717) is 18.1 Å². The van der Waals surface area contributed by atoms with E-state index in [0.717, 1.165) is 5.56 Å². The number of ether oxygens (including phenoxy) is 3. The van der Waals surface area contributed by atoms with Crippen LogP contribution >= 0.6 is 0 Å². The number of aromatic nitrogens is 1. The maximum absolute atomic E-state index is 12.4. The monoisotopic (exact) mass is 345 g/mol. The highest BCUT2D eigenvalue weighted by molar-refractivity contribution is 6.06. The van der Waals surface area contributed by atoms with Crippen molar-refractivity contribution in [3.8, 4) is 5.88 Å². The van der Waals surface area contributed by atoms with Crippen molar-refractivity contribution in [2.75, 3.05) is 20.3 Å². The zero-order valence-corrected chi connectivity index (χ0v) is 15.0. The summed E-state index contributed by atoms with van der Waals surface area (Å²) in [5.74, 6) is -0.867. The van der Waals surface area contributed by atoms with Crippen molar-refractivity contribution in [1.29, 1.82) is 0 Å². The maximum atomic E-state index is 12.4. The van der Waals surface area contributed by atoms with Crippen LogP contribution in [0.4, 0.5) is 0 Å². The average Bonchev–Trinajstić information content (AvgIpc) is 2.88. The van der Waals surface area contributed by atoms with Gasteiger partial charge in [0.25, 0.3) is 0 Å². The molecule has 6 nitrogen and oxygen atoms in total. The van der Waals surface area contributed by atoms with Gasteiger partial charge in [-0.3, -0.25) is 0 Å². The minimum absolute atomic E-state index is 0.108. The lowest BCUT2D eigenvalue weighted by atomic mass is 10.1. The molecule has 0 N–H and O–H groups in total. The maximum Gasteiger partial charge on any atom is 0.344 e. The van der Waals surface area contributed by atoms with Crippen LogP contribution in [0.15, 0.2) is 30.3 Å². The zero-order valence-electron chi connectivity index (χ0n) is 15.0. The molecule has 0 aliphatic heterocycles. The Balaban J connectivity index is 2.61. The molecule has 0 radical (unpaired) electrons. The molecule has 0 aliphatic rings. The SMILES string of the molecule is CCOC(=O)c1c(C(=O)OCC)c(OC)n(Cc2ccccc2)c1C. The summed E-state index contributed by atoms with van der Waals surface area (Å²) in [4.78, 5) is 24.9. The fourth-order valence-electron chi connectivity index (χ4n) is 2.72. The molecule has 0 saturated heterocycles. The van der Waals surface area contributed by atoms with Gasteiger partial charge < -0.3 is 18.8 Å². The van der Waals surface area contributed by atoms with Crippen molar-refractivity contribution in [1.82, 2.24) is 4.57 Å². The summed E-state index contributed by atoms with van der Waals surface area (Å²) in [7, 11) is 1.47. The van der Waals surface area contributed by atoms with Crippen molar-refractivity contribution < 1.29 is 23.8 Å². The number of nitrogens with zero attached hydrogens (tertiary/aromatic N) is 1. The summed E-state index contributed by atoms with van der Waals surface area (Å²) in [6.07, 6.45) is 0. The van der Waals surface area contributed by atoms with Crippen LogP contribution in [0.5, 0.6) is 5.88 Å². The molecule has 0 atom stereocenters. The molecule has 2 aromatic rings. The largest absolute Gasteiger partial charge is 0.482 e. The Kier molecular flexibility index (Phi) is 6.22. The normalized spacial score (nSPS) is 10.4. The van der Waals surface area contributed by atoms with E-state index in [1.807, 2.05) is 30.3 Å². The molecule has 0 fully saturated rings. The first-order chi connectivity index (χ1) is 12.0. The second-order valence-electron chi connectivity index (χ2n) is 5.36. The topological polar surface area (TPSA) is 66.8 Å². The van der Waals surface area contributed by atoms with Crippen LogP contribution in [0, 0.1) is 6.92 Å². The van der Waals surface area contributed by atoms with Gasteiger partial charge >= 0.3 is 11.9 Å². The summed E-state index contributed by atoms with van der Waals surface area (Å²) < 4.78 is 17.5. The number of methoxy groups -OCH3 is 1. The Morgan fingerprint density at radius 2 is 1.52 bits per heavy atom. The van der Waals surface area contributed by atoms with Crippen LogP contribution in [-0.2, 0) is 16.0 Å². The van der Waals surface area contributed by atoms with E-state index < -0.39 is 11.9 Å². The van der Waals surface area contributed by atoms with Crippen LogP contribution in [0.1, 0.15) is 45.8 Å². The smallest absolute Gasteiger partial charge is 0.344 e. The first kappa shape index (κ1) is 18.6. The quantitative estimate of drug-likeness (QED) is 0.721. The molecular formula is C19H23NO5. The minimum Gasteiger partial charge on any atom is -0.482 e. The highest BCUT2D eigenvalue weighted by atomic mass is 16.5. The molecule has 1 aromatic heterocycles.